The van der Waals surface area contributed by atoms with E-state index in [1.54, 1.807) is 6.34 Å². The molecule has 0 aromatic rings. The van der Waals surface area contributed by atoms with Crippen LogP contribution >= 0.6 is 58.0 Å². The number of rotatable bonds is 6. The van der Waals surface area contributed by atoms with Crippen LogP contribution in [0.1, 0.15) is 53.4 Å². The third kappa shape index (κ3) is 4.86. The maximum atomic E-state index is 6.46. The normalized spacial score (nSPS) is 20.1. The number of hydrazone groups is 1. The zero-order chi connectivity index (χ0) is 17.2. The fraction of sp³-hybridized carbons (Fsp3) is 0.929. The lowest BCUT2D eigenvalue weighted by Gasteiger charge is -2.46. The van der Waals surface area contributed by atoms with Crippen LogP contribution in [-0.2, 0) is 0 Å². The van der Waals surface area contributed by atoms with Crippen molar-refractivity contribution in [2.24, 2.45) is 5.10 Å². The lowest BCUT2D eigenvalue weighted by Crippen LogP contribution is -2.61. The highest BCUT2D eigenvalue weighted by Crippen LogP contribution is 2.51. The number of halogens is 5. The predicted octanol–water partition coefficient (Wildman–Crippen LogP) is 5.80. The van der Waals surface area contributed by atoms with Gasteiger partial charge in [-0.3, -0.25) is 5.01 Å². The van der Waals surface area contributed by atoms with E-state index in [0.717, 1.165) is 19.4 Å². The van der Waals surface area contributed by atoms with Crippen LogP contribution in [0.25, 0.3) is 0 Å². The first-order valence-electron chi connectivity index (χ1n) is 7.46. The number of hydrogen-bond donors (Lipinski definition) is 0. The molecule has 0 amide bonds. The Bertz CT molecular complexity index is 387. The Morgan fingerprint density at radius 3 is 2.05 bits per heavy atom. The van der Waals surface area contributed by atoms with E-state index >= 15 is 0 Å². The molecule has 1 atom stereocenters. The summed E-state index contributed by atoms with van der Waals surface area (Å²) in [5.41, 5.74) is -0.253. The Kier molecular flexibility index (Phi) is 7.30. The van der Waals surface area contributed by atoms with Gasteiger partial charge in [0.25, 0.3) is 0 Å². The lowest BCUT2D eigenvalue weighted by molar-refractivity contribution is 0.0623. The minimum absolute atomic E-state index is 0.253. The molecule has 0 saturated heterocycles. The molecular weight excluding hydrogens is 387 g/mol. The quantitative estimate of drug-likeness (QED) is 0.406. The van der Waals surface area contributed by atoms with Crippen LogP contribution in [0.5, 0.6) is 0 Å². The van der Waals surface area contributed by atoms with Crippen LogP contribution < -0.4 is 0 Å². The molecule has 0 N–H and O–H groups in total. The molecule has 130 valence electrons. The van der Waals surface area contributed by atoms with Gasteiger partial charge in [-0.25, -0.2) is 0 Å². The van der Waals surface area contributed by atoms with Crippen molar-refractivity contribution in [2.75, 3.05) is 6.54 Å². The molecule has 0 aliphatic carbocycles. The van der Waals surface area contributed by atoms with E-state index in [2.05, 4.69) is 12.0 Å². The molecule has 1 heterocycles. The van der Waals surface area contributed by atoms with E-state index in [4.69, 9.17) is 58.0 Å². The topological polar surface area (TPSA) is 18.8 Å². The predicted molar refractivity (Wildman–Crippen MR) is 99.4 cm³/mol. The summed E-state index contributed by atoms with van der Waals surface area (Å²) in [5, 5.41) is 6.25. The number of hydrogen-bond acceptors (Lipinski definition) is 3. The van der Waals surface area contributed by atoms with Gasteiger partial charge in [0, 0.05) is 12.1 Å². The van der Waals surface area contributed by atoms with Crippen molar-refractivity contribution in [1.82, 2.24) is 9.91 Å². The van der Waals surface area contributed by atoms with Crippen molar-refractivity contribution in [2.45, 2.75) is 73.2 Å². The van der Waals surface area contributed by atoms with Gasteiger partial charge in [-0.05, 0) is 27.2 Å². The largest absolute Gasteiger partial charge is 0.332 e. The maximum Gasteiger partial charge on any atom is 0.227 e. The third-order valence-corrected chi connectivity index (χ3v) is 6.02. The molecule has 0 aromatic carbocycles. The summed E-state index contributed by atoms with van der Waals surface area (Å²) < 4.78 is -3.45. The van der Waals surface area contributed by atoms with Gasteiger partial charge in [-0.2, -0.15) is 5.10 Å². The summed E-state index contributed by atoms with van der Waals surface area (Å²) in [4.78, 5) is 1.94. The summed E-state index contributed by atoms with van der Waals surface area (Å²) in [6.45, 7) is 9.00. The van der Waals surface area contributed by atoms with Crippen molar-refractivity contribution in [1.29, 1.82) is 0 Å². The monoisotopic (exact) mass is 409 g/mol. The summed E-state index contributed by atoms with van der Waals surface area (Å²) >= 11 is 31.0. The van der Waals surface area contributed by atoms with Crippen molar-refractivity contribution < 1.29 is 0 Å². The van der Waals surface area contributed by atoms with Gasteiger partial charge >= 0.3 is 0 Å². The highest BCUT2D eigenvalue weighted by molar-refractivity contribution is 6.75. The van der Waals surface area contributed by atoms with E-state index in [1.807, 2.05) is 30.7 Å². The highest BCUT2D eigenvalue weighted by Gasteiger charge is 2.58. The zero-order valence-corrected chi connectivity index (χ0v) is 17.2. The molecule has 0 spiro atoms. The fourth-order valence-corrected chi connectivity index (χ4v) is 3.05. The van der Waals surface area contributed by atoms with Crippen LogP contribution in [0, 0.1) is 0 Å². The van der Waals surface area contributed by atoms with Gasteiger partial charge in [0.05, 0.1) is 0 Å². The first-order valence-corrected chi connectivity index (χ1v) is 9.35. The molecule has 1 aliphatic rings. The first kappa shape index (κ1) is 20.8. The van der Waals surface area contributed by atoms with Gasteiger partial charge in [-0.15, -0.1) is 0 Å². The molecule has 0 bridgehead atoms. The SMILES string of the molecule is CCCCCCN1N=CN(C(C)(C)C)C1C(Cl)(Cl)C(Cl)(Cl)Cl. The molecule has 1 aliphatic heterocycles. The Hall–Kier alpha value is 0.720. The van der Waals surface area contributed by atoms with Crippen molar-refractivity contribution in [3.05, 3.63) is 0 Å². The summed E-state index contributed by atoms with van der Waals surface area (Å²) in [7, 11) is 0. The molecule has 1 unspecified atom stereocenters. The molecule has 8 heteroatoms. The number of alkyl halides is 5. The van der Waals surface area contributed by atoms with E-state index in [0.29, 0.717) is 0 Å². The number of unbranched alkanes of at least 4 members (excludes halogenated alkanes) is 3. The van der Waals surface area contributed by atoms with Crippen LogP contribution in [0.2, 0.25) is 0 Å². The van der Waals surface area contributed by atoms with Gasteiger partial charge in [0.15, 0.2) is 6.17 Å². The Morgan fingerprint density at radius 1 is 1.00 bits per heavy atom. The Balaban J connectivity index is 2.95. The minimum Gasteiger partial charge on any atom is -0.332 e. The van der Waals surface area contributed by atoms with E-state index < -0.39 is 14.3 Å². The number of nitrogens with zero attached hydrogens (tertiary/aromatic N) is 3. The molecule has 0 aromatic heterocycles. The van der Waals surface area contributed by atoms with Gasteiger partial charge in [0.1, 0.15) is 6.34 Å². The molecular formula is C14H24Cl5N3. The minimum atomic E-state index is -1.83. The fourth-order valence-electron chi connectivity index (χ4n) is 2.32. The summed E-state index contributed by atoms with van der Waals surface area (Å²) in [5.74, 6) is 0. The average Bonchev–Trinajstić information content (AvgIpc) is 2.77. The molecule has 3 nitrogen and oxygen atoms in total. The standard InChI is InChI=1S/C14H24Cl5N3/c1-5-6-7-8-9-22-11(13(15,16)14(17,18)19)21(10-20-22)12(2,3)4/h10-11H,5-9H2,1-4H3. The summed E-state index contributed by atoms with van der Waals surface area (Å²) in [6, 6.07) is 0. The van der Waals surface area contributed by atoms with Crippen LogP contribution in [0.4, 0.5) is 0 Å². The average molecular weight is 412 g/mol. The van der Waals surface area contributed by atoms with Crippen molar-refractivity contribution >= 4 is 64.3 Å². The Labute approximate surface area is 158 Å². The second-order valence-corrected chi connectivity index (χ2v) is 10.2. The molecule has 22 heavy (non-hydrogen) atoms. The smallest absolute Gasteiger partial charge is 0.227 e. The first-order chi connectivity index (χ1) is 9.93. The molecule has 0 fully saturated rings. The zero-order valence-electron chi connectivity index (χ0n) is 13.4. The third-order valence-electron chi connectivity index (χ3n) is 3.59. The van der Waals surface area contributed by atoms with Crippen LogP contribution in [0.3, 0.4) is 0 Å². The molecule has 1 rings (SSSR count). The highest BCUT2D eigenvalue weighted by atomic mass is 35.6. The van der Waals surface area contributed by atoms with Gasteiger partial charge in [-0.1, -0.05) is 84.2 Å². The van der Waals surface area contributed by atoms with Crippen molar-refractivity contribution in [3.63, 3.8) is 0 Å². The van der Waals surface area contributed by atoms with Crippen LogP contribution in [-0.4, -0.2) is 42.6 Å². The lowest BCUT2D eigenvalue weighted by atomic mass is 10.1. The second-order valence-electron chi connectivity index (χ2n) is 6.53. The van der Waals surface area contributed by atoms with E-state index in [9.17, 15) is 0 Å². The second kappa shape index (κ2) is 7.74. The van der Waals surface area contributed by atoms with Gasteiger partial charge < -0.3 is 4.90 Å². The Morgan fingerprint density at radius 2 is 1.59 bits per heavy atom. The molecule has 0 saturated carbocycles. The maximum absolute atomic E-state index is 6.46. The van der Waals surface area contributed by atoms with E-state index in [1.165, 1.54) is 12.8 Å². The summed E-state index contributed by atoms with van der Waals surface area (Å²) in [6.07, 6.45) is 5.65. The van der Waals surface area contributed by atoms with Gasteiger partial charge in [0.2, 0.25) is 8.13 Å². The van der Waals surface area contributed by atoms with E-state index in [-0.39, 0.29) is 5.54 Å². The molecule has 0 radical (unpaired) electrons. The van der Waals surface area contributed by atoms with Crippen molar-refractivity contribution in [3.8, 4) is 0 Å². The van der Waals surface area contributed by atoms with Crippen LogP contribution in [0.15, 0.2) is 5.10 Å².